The number of nitrogens with one attached hydrogen (secondary N) is 1. The zero-order valence-corrected chi connectivity index (χ0v) is 13.9. The third kappa shape index (κ3) is 4.15. The van der Waals surface area contributed by atoms with Crippen LogP contribution in [-0.4, -0.2) is 32.0 Å². The van der Waals surface area contributed by atoms with Crippen molar-refractivity contribution in [1.29, 1.82) is 0 Å². The van der Waals surface area contributed by atoms with Crippen LogP contribution in [0, 0.1) is 5.82 Å². The zero-order chi connectivity index (χ0) is 17.8. The first-order valence-electron chi connectivity index (χ1n) is 8.06. The number of hydrogen-bond acceptors (Lipinski definition) is 3. The molecule has 1 N–H and O–H groups in total. The molecule has 1 heterocycles. The first kappa shape index (κ1) is 17.0. The van der Waals surface area contributed by atoms with Crippen LogP contribution in [0.15, 0.2) is 42.5 Å². The van der Waals surface area contributed by atoms with Crippen molar-refractivity contribution in [3.63, 3.8) is 0 Å². The van der Waals surface area contributed by atoms with E-state index in [1.54, 1.807) is 31.3 Å². The molecule has 0 radical (unpaired) electrons. The average Bonchev–Trinajstić information content (AvgIpc) is 2.60. The third-order valence-corrected chi connectivity index (χ3v) is 4.12. The predicted octanol–water partition coefficient (Wildman–Crippen LogP) is 2.08. The van der Waals surface area contributed by atoms with Crippen LogP contribution in [-0.2, 0) is 22.4 Å². The summed E-state index contributed by atoms with van der Waals surface area (Å²) >= 11 is 0. The Kier molecular flexibility index (Phi) is 4.97. The Morgan fingerprint density at radius 2 is 1.92 bits per heavy atom. The fourth-order valence-electron chi connectivity index (χ4n) is 2.67. The van der Waals surface area contributed by atoms with E-state index in [0.29, 0.717) is 24.4 Å². The molecule has 2 aromatic carbocycles. The normalized spacial score (nSPS) is 13.2. The lowest BCUT2D eigenvalue weighted by Gasteiger charge is -2.26. The number of ether oxygens (including phenoxy) is 1. The Balaban J connectivity index is 1.54. The number of halogens is 1. The molecular formula is C19H19FN2O3. The fourth-order valence-corrected chi connectivity index (χ4v) is 2.67. The summed E-state index contributed by atoms with van der Waals surface area (Å²) in [4.78, 5) is 25.3. The molecule has 0 aliphatic carbocycles. The summed E-state index contributed by atoms with van der Waals surface area (Å²) in [7, 11) is 1.69. The second kappa shape index (κ2) is 7.34. The van der Waals surface area contributed by atoms with Gasteiger partial charge in [0.05, 0.1) is 12.1 Å². The van der Waals surface area contributed by atoms with Crippen molar-refractivity contribution in [2.75, 3.05) is 25.1 Å². The van der Waals surface area contributed by atoms with E-state index in [2.05, 4.69) is 5.32 Å². The smallest absolute Gasteiger partial charge is 0.264 e. The number of anilines is 1. The molecule has 25 heavy (non-hydrogen) atoms. The number of likely N-dealkylation sites (N-methyl/N-ethyl adjacent to an activating group) is 1. The van der Waals surface area contributed by atoms with Gasteiger partial charge in [0.2, 0.25) is 5.91 Å². The van der Waals surface area contributed by atoms with E-state index < -0.39 is 0 Å². The van der Waals surface area contributed by atoms with Gasteiger partial charge in [-0.1, -0.05) is 18.2 Å². The third-order valence-electron chi connectivity index (χ3n) is 4.12. The molecular weight excluding hydrogens is 323 g/mol. The van der Waals surface area contributed by atoms with Crippen LogP contribution in [0.2, 0.25) is 0 Å². The Hall–Kier alpha value is -2.89. The summed E-state index contributed by atoms with van der Waals surface area (Å²) < 4.78 is 18.2. The number of amides is 2. The van der Waals surface area contributed by atoms with E-state index in [4.69, 9.17) is 4.74 Å². The van der Waals surface area contributed by atoms with Crippen molar-refractivity contribution in [3.8, 4) is 5.75 Å². The van der Waals surface area contributed by atoms with Crippen molar-refractivity contribution < 1.29 is 18.7 Å². The van der Waals surface area contributed by atoms with Crippen LogP contribution in [0.1, 0.15) is 11.1 Å². The highest BCUT2D eigenvalue weighted by molar-refractivity contribution is 5.97. The molecule has 1 aliphatic rings. The SMILES string of the molecule is CN1C(=O)COc2ccc(CC(=O)NCCc3ccc(F)cc3)cc21. The second-order valence-electron chi connectivity index (χ2n) is 5.95. The van der Waals surface area contributed by atoms with Crippen molar-refractivity contribution >= 4 is 17.5 Å². The van der Waals surface area contributed by atoms with Gasteiger partial charge in [-0.25, -0.2) is 4.39 Å². The fraction of sp³-hybridized carbons (Fsp3) is 0.263. The zero-order valence-electron chi connectivity index (χ0n) is 13.9. The van der Waals surface area contributed by atoms with Gasteiger partial charge in [-0.15, -0.1) is 0 Å². The molecule has 0 bridgehead atoms. The van der Waals surface area contributed by atoms with Crippen molar-refractivity contribution in [1.82, 2.24) is 5.32 Å². The number of fused-ring (bicyclic) bond motifs is 1. The summed E-state index contributed by atoms with van der Waals surface area (Å²) in [5, 5.41) is 2.85. The molecule has 0 saturated carbocycles. The number of carbonyl (C=O) groups excluding carboxylic acids is 2. The van der Waals surface area contributed by atoms with E-state index >= 15 is 0 Å². The molecule has 2 amide bonds. The molecule has 0 fully saturated rings. The lowest BCUT2D eigenvalue weighted by Crippen LogP contribution is -2.35. The highest BCUT2D eigenvalue weighted by Crippen LogP contribution is 2.32. The maximum absolute atomic E-state index is 12.8. The number of carbonyl (C=O) groups is 2. The Labute approximate surface area is 145 Å². The highest BCUT2D eigenvalue weighted by atomic mass is 19.1. The van der Waals surface area contributed by atoms with Crippen LogP contribution >= 0.6 is 0 Å². The first-order valence-corrected chi connectivity index (χ1v) is 8.06. The number of benzene rings is 2. The van der Waals surface area contributed by atoms with Crippen molar-refractivity contribution in [2.24, 2.45) is 0 Å². The van der Waals surface area contributed by atoms with E-state index in [0.717, 1.165) is 11.1 Å². The number of nitrogens with zero attached hydrogens (tertiary/aromatic N) is 1. The van der Waals surface area contributed by atoms with Gasteiger partial charge in [-0.05, 0) is 41.8 Å². The van der Waals surface area contributed by atoms with Gasteiger partial charge in [0, 0.05) is 13.6 Å². The molecule has 1 aliphatic heterocycles. The topological polar surface area (TPSA) is 58.6 Å². The minimum absolute atomic E-state index is 0.0344. The van der Waals surface area contributed by atoms with Gasteiger partial charge >= 0.3 is 0 Å². The van der Waals surface area contributed by atoms with E-state index in [-0.39, 0.29) is 30.7 Å². The molecule has 6 heteroatoms. The summed E-state index contributed by atoms with van der Waals surface area (Å²) in [6.07, 6.45) is 0.861. The van der Waals surface area contributed by atoms with Crippen LogP contribution < -0.4 is 15.0 Å². The molecule has 5 nitrogen and oxygen atoms in total. The van der Waals surface area contributed by atoms with Gasteiger partial charge in [-0.3, -0.25) is 9.59 Å². The highest BCUT2D eigenvalue weighted by Gasteiger charge is 2.22. The molecule has 0 spiro atoms. The Morgan fingerprint density at radius 1 is 1.20 bits per heavy atom. The van der Waals surface area contributed by atoms with E-state index in [1.807, 2.05) is 6.07 Å². The van der Waals surface area contributed by atoms with Gasteiger partial charge in [0.1, 0.15) is 11.6 Å². The van der Waals surface area contributed by atoms with E-state index in [1.165, 1.54) is 17.0 Å². The van der Waals surface area contributed by atoms with Crippen LogP contribution in [0.3, 0.4) is 0 Å². The maximum Gasteiger partial charge on any atom is 0.264 e. The number of rotatable bonds is 5. The molecule has 2 aromatic rings. The minimum Gasteiger partial charge on any atom is -0.482 e. The lowest BCUT2D eigenvalue weighted by atomic mass is 10.1. The van der Waals surface area contributed by atoms with E-state index in [9.17, 15) is 14.0 Å². The van der Waals surface area contributed by atoms with Crippen molar-refractivity contribution in [2.45, 2.75) is 12.8 Å². The van der Waals surface area contributed by atoms with Gasteiger partial charge < -0.3 is 15.0 Å². The summed E-state index contributed by atoms with van der Waals surface area (Å²) in [5.74, 6) is 0.149. The van der Waals surface area contributed by atoms with Gasteiger partial charge in [-0.2, -0.15) is 0 Å². The first-order chi connectivity index (χ1) is 12.0. The second-order valence-corrected chi connectivity index (χ2v) is 5.95. The van der Waals surface area contributed by atoms with Crippen LogP contribution in [0.5, 0.6) is 5.75 Å². The average molecular weight is 342 g/mol. The Bertz CT molecular complexity index is 790. The number of hydrogen-bond donors (Lipinski definition) is 1. The maximum atomic E-state index is 12.8. The van der Waals surface area contributed by atoms with Crippen LogP contribution in [0.4, 0.5) is 10.1 Å². The standard InChI is InChI=1S/C19H19FN2O3/c1-22-16-10-14(4-7-17(16)25-12-19(22)24)11-18(23)21-9-8-13-2-5-15(20)6-3-13/h2-7,10H,8-9,11-12H2,1H3,(H,21,23). The quantitative estimate of drug-likeness (QED) is 0.905. The molecule has 0 aromatic heterocycles. The largest absolute Gasteiger partial charge is 0.482 e. The summed E-state index contributed by atoms with van der Waals surface area (Å²) in [6, 6.07) is 11.6. The van der Waals surface area contributed by atoms with Crippen molar-refractivity contribution in [3.05, 3.63) is 59.4 Å². The minimum atomic E-state index is -0.271. The molecule has 3 rings (SSSR count). The van der Waals surface area contributed by atoms with Gasteiger partial charge in [0.25, 0.3) is 5.91 Å². The molecule has 0 atom stereocenters. The molecule has 0 saturated heterocycles. The molecule has 130 valence electrons. The summed E-state index contributed by atoms with van der Waals surface area (Å²) in [6.45, 7) is 0.517. The molecule has 0 unspecified atom stereocenters. The van der Waals surface area contributed by atoms with Crippen LogP contribution in [0.25, 0.3) is 0 Å². The Morgan fingerprint density at radius 3 is 2.68 bits per heavy atom. The lowest BCUT2D eigenvalue weighted by molar-refractivity contribution is -0.121. The summed E-state index contributed by atoms with van der Waals surface area (Å²) in [5.41, 5.74) is 2.45. The monoisotopic (exact) mass is 342 g/mol. The predicted molar refractivity (Wildman–Crippen MR) is 92.2 cm³/mol. The van der Waals surface area contributed by atoms with Gasteiger partial charge in [0.15, 0.2) is 6.61 Å².